The molecule has 0 spiro atoms. The third-order valence-corrected chi connectivity index (χ3v) is 13.6. The number of hydrogen-bond acceptors (Lipinski definition) is 3. The Hall–Kier alpha value is -1.03. The van der Waals surface area contributed by atoms with E-state index in [2.05, 4.69) is 132 Å². The predicted octanol–water partition coefficient (Wildman–Crippen LogP) is 6.36. The van der Waals surface area contributed by atoms with Gasteiger partial charge in [-0.3, -0.25) is 0 Å². The van der Waals surface area contributed by atoms with Crippen LogP contribution in [0.4, 0.5) is 0 Å². The Balaban J connectivity index is 2.34. The number of nitrogens with zero attached hydrogens (tertiary/aromatic N) is 2. The summed E-state index contributed by atoms with van der Waals surface area (Å²) in [6.07, 6.45) is 0. The van der Waals surface area contributed by atoms with Gasteiger partial charge in [0.1, 0.15) is 8.07 Å². The van der Waals surface area contributed by atoms with Crippen molar-refractivity contribution in [2.45, 2.75) is 92.1 Å². The smallest absolute Gasteiger partial charge is 0.188 e. The Bertz CT molecular complexity index is 707. The molecule has 178 valence electrons. The van der Waals surface area contributed by atoms with Gasteiger partial charge in [-0.1, -0.05) is 77.6 Å². The third-order valence-electron chi connectivity index (χ3n) is 6.14. The molecule has 0 aliphatic carbocycles. The molecule has 0 heterocycles. The number of rotatable bonds is 12. The lowest BCUT2D eigenvalue weighted by atomic mass is 10.3. The van der Waals surface area contributed by atoms with Gasteiger partial charge in [0.2, 0.25) is 0 Å². The van der Waals surface area contributed by atoms with Crippen LogP contribution in [0.2, 0.25) is 12.6 Å². The molecule has 5 heteroatoms. The average Bonchev–Trinajstić information content (AvgIpc) is 2.73. The van der Waals surface area contributed by atoms with Crippen molar-refractivity contribution in [2.75, 3.05) is 6.61 Å². The molecule has 0 saturated carbocycles. The van der Waals surface area contributed by atoms with Gasteiger partial charge in [0.05, 0.1) is 6.61 Å². The molecular formula is C27H45N2OPSi. The zero-order valence-electron chi connectivity index (χ0n) is 21.7. The van der Waals surface area contributed by atoms with Gasteiger partial charge in [-0.05, 0) is 61.4 Å². The van der Waals surface area contributed by atoms with Gasteiger partial charge in [-0.15, -0.1) is 0 Å². The second kappa shape index (κ2) is 12.4. The maximum Gasteiger partial charge on any atom is 0.188 e. The quantitative estimate of drug-likeness (QED) is 0.264. The fraction of sp³-hybridized carbons (Fsp3) is 0.556. The van der Waals surface area contributed by atoms with E-state index < -0.39 is 16.5 Å². The summed E-state index contributed by atoms with van der Waals surface area (Å²) in [5.74, 6) is 0. The van der Waals surface area contributed by atoms with Crippen molar-refractivity contribution in [3.05, 3.63) is 60.7 Å². The molecule has 0 bridgehead atoms. The molecule has 3 nitrogen and oxygen atoms in total. The van der Waals surface area contributed by atoms with Gasteiger partial charge in [-0.25, -0.2) is 9.34 Å². The van der Waals surface area contributed by atoms with Crippen LogP contribution in [0, 0.1) is 0 Å². The van der Waals surface area contributed by atoms with Crippen LogP contribution in [-0.2, 0) is 4.52 Å². The van der Waals surface area contributed by atoms with Crippen LogP contribution >= 0.6 is 8.45 Å². The molecule has 0 aliphatic heterocycles. The van der Waals surface area contributed by atoms with Gasteiger partial charge in [-0.2, -0.15) is 0 Å². The average molecular weight is 473 g/mol. The molecule has 2 aromatic carbocycles. The summed E-state index contributed by atoms with van der Waals surface area (Å²) in [5.41, 5.74) is 0. The Morgan fingerprint density at radius 1 is 0.656 bits per heavy atom. The summed E-state index contributed by atoms with van der Waals surface area (Å²) >= 11 is 0. The topological polar surface area (TPSA) is 15.7 Å². The molecule has 0 radical (unpaired) electrons. The van der Waals surface area contributed by atoms with Gasteiger partial charge in [0.15, 0.2) is 8.45 Å². The highest BCUT2D eigenvalue weighted by atomic mass is 31.2. The van der Waals surface area contributed by atoms with E-state index in [0.29, 0.717) is 24.2 Å². The van der Waals surface area contributed by atoms with Crippen molar-refractivity contribution < 1.29 is 4.52 Å². The molecule has 0 aromatic heterocycles. The highest BCUT2D eigenvalue weighted by molar-refractivity contribution is 7.47. The lowest BCUT2D eigenvalue weighted by Crippen LogP contribution is -2.56. The highest BCUT2D eigenvalue weighted by Crippen LogP contribution is 2.50. The molecule has 2 rings (SSSR count). The van der Waals surface area contributed by atoms with E-state index in [4.69, 9.17) is 4.52 Å². The van der Waals surface area contributed by atoms with Crippen LogP contribution in [0.5, 0.6) is 0 Å². The van der Waals surface area contributed by atoms with Gasteiger partial charge < -0.3 is 4.52 Å². The van der Waals surface area contributed by atoms with E-state index in [0.717, 1.165) is 12.7 Å². The molecule has 0 atom stereocenters. The van der Waals surface area contributed by atoms with Crippen molar-refractivity contribution in [3.8, 4) is 0 Å². The first-order chi connectivity index (χ1) is 15.1. The minimum Gasteiger partial charge on any atom is -0.332 e. The zero-order valence-corrected chi connectivity index (χ0v) is 23.6. The lowest BCUT2D eigenvalue weighted by Gasteiger charge is -2.46. The van der Waals surface area contributed by atoms with E-state index >= 15 is 0 Å². The standard InChI is InChI=1S/C27H45N2OPSi/c1-22(2)28(23(3)4)31(29(24(5)6)25(7)8)30-20-21-32(9,26-16-12-10-13-17-26)27-18-14-11-15-19-27/h10-19,22-25H,20-21H2,1-9H3. The summed E-state index contributed by atoms with van der Waals surface area (Å²) in [5, 5.41) is 2.96. The fourth-order valence-electron chi connectivity index (χ4n) is 4.63. The summed E-state index contributed by atoms with van der Waals surface area (Å²) in [7, 11) is -2.75. The molecule has 0 fully saturated rings. The second-order valence-corrected chi connectivity index (χ2v) is 16.0. The van der Waals surface area contributed by atoms with E-state index in [-0.39, 0.29) is 0 Å². The van der Waals surface area contributed by atoms with Crippen molar-refractivity contribution in [3.63, 3.8) is 0 Å². The number of hydrogen-bond donors (Lipinski definition) is 0. The molecule has 2 aromatic rings. The Morgan fingerprint density at radius 3 is 1.31 bits per heavy atom. The van der Waals surface area contributed by atoms with E-state index in [1.54, 1.807) is 0 Å². The van der Waals surface area contributed by atoms with Crippen molar-refractivity contribution in [1.29, 1.82) is 0 Å². The summed E-state index contributed by atoms with van der Waals surface area (Å²) in [4.78, 5) is 0. The molecule has 0 aliphatic rings. The predicted molar refractivity (Wildman–Crippen MR) is 146 cm³/mol. The Labute approximate surface area is 200 Å². The molecule has 32 heavy (non-hydrogen) atoms. The molecule has 0 amide bonds. The van der Waals surface area contributed by atoms with Crippen LogP contribution in [0.25, 0.3) is 0 Å². The van der Waals surface area contributed by atoms with Crippen LogP contribution in [0.1, 0.15) is 55.4 Å². The van der Waals surface area contributed by atoms with E-state index in [1.807, 2.05) is 0 Å². The Morgan fingerprint density at radius 2 is 1.00 bits per heavy atom. The second-order valence-electron chi connectivity index (χ2n) is 10.0. The van der Waals surface area contributed by atoms with Gasteiger partial charge >= 0.3 is 0 Å². The van der Waals surface area contributed by atoms with Gasteiger partial charge in [0, 0.05) is 24.2 Å². The van der Waals surface area contributed by atoms with Crippen molar-refractivity contribution >= 4 is 26.9 Å². The van der Waals surface area contributed by atoms with Gasteiger partial charge in [0.25, 0.3) is 0 Å². The molecule has 0 unspecified atom stereocenters. The first-order valence-electron chi connectivity index (χ1n) is 12.2. The monoisotopic (exact) mass is 472 g/mol. The van der Waals surface area contributed by atoms with Crippen LogP contribution in [-0.4, -0.2) is 48.2 Å². The molecular weight excluding hydrogens is 427 g/mol. The Kier molecular flexibility index (Phi) is 10.6. The summed E-state index contributed by atoms with van der Waals surface area (Å²) in [6.45, 7) is 21.6. The van der Waals surface area contributed by atoms with Crippen LogP contribution < -0.4 is 10.4 Å². The largest absolute Gasteiger partial charge is 0.332 e. The maximum absolute atomic E-state index is 6.90. The summed E-state index contributed by atoms with van der Waals surface area (Å²) < 4.78 is 12.1. The minimum absolute atomic E-state index is 0.438. The van der Waals surface area contributed by atoms with Crippen molar-refractivity contribution in [1.82, 2.24) is 9.34 Å². The maximum atomic E-state index is 6.90. The van der Waals surface area contributed by atoms with E-state index in [1.165, 1.54) is 10.4 Å². The first-order valence-corrected chi connectivity index (χ1v) is 16.1. The van der Waals surface area contributed by atoms with Crippen LogP contribution in [0.15, 0.2) is 60.7 Å². The normalized spacial score (nSPS) is 13.0. The number of benzene rings is 2. The minimum atomic E-state index is -1.90. The first kappa shape index (κ1) is 27.2. The molecule has 0 N–H and O–H groups in total. The highest BCUT2D eigenvalue weighted by Gasteiger charge is 2.36. The third kappa shape index (κ3) is 6.74. The fourth-order valence-corrected chi connectivity index (χ4v) is 10.4. The van der Waals surface area contributed by atoms with E-state index in [9.17, 15) is 0 Å². The zero-order chi connectivity index (χ0) is 23.9. The summed E-state index contributed by atoms with van der Waals surface area (Å²) in [6, 6.07) is 25.0. The SMILES string of the molecule is CC(C)N(C(C)C)P(OCC[Si](C)(c1ccccc1)c1ccccc1)N(C(C)C)C(C)C. The van der Waals surface area contributed by atoms with Crippen molar-refractivity contribution in [2.24, 2.45) is 0 Å². The van der Waals surface area contributed by atoms with Crippen LogP contribution in [0.3, 0.4) is 0 Å². The lowest BCUT2D eigenvalue weighted by molar-refractivity contribution is 0.191. The molecule has 0 saturated heterocycles.